The minimum atomic E-state index is -0.0359. The number of rotatable bonds is 3. The molecule has 0 aliphatic carbocycles. The summed E-state index contributed by atoms with van der Waals surface area (Å²) in [5.41, 5.74) is 4.85. The Bertz CT molecular complexity index is 1130. The minimum Gasteiger partial charge on any atom is -0.346 e. The number of allylic oxidation sites excluding steroid dienone is 1. The van der Waals surface area contributed by atoms with Gasteiger partial charge < -0.3 is 4.90 Å². The predicted molar refractivity (Wildman–Crippen MR) is 117 cm³/mol. The van der Waals surface area contributed by atoms with E-state index in [4.69, 9.17) is 16.6 Å². The van der Waals surface area contributed by atoms with Gasteiger partial charge in [0.1, 0.15) is 5.82 Å². The third-order valence-electron chi connectivity index (χ3n) is 5.31. The minimum absolute atomic E-state index is 0.0359. The van der Waals surface area contributed by atoms with E-state index in [2.05, 4.69) is 25.3 Å². The maximum Gasteiger partial charge on any atom is 0.265 e. The van der Waals surface area contributed by atoms with Gasteiger partial charge in [0.15, 0.2) is 0 Å². The van der Waals surface area contributed by atoms with Gasteiger partial charge in [-0.05, 0) is 56.2 Å². The zero-order chi connectivity index (χ0) is 20.0. The first kappa shape index (κ1) is 18.8. The number of benzene rings is 2. The van der Waals surface area contributed by atoms with Gasteiger partial charge in [0, 0.05) is 34.4 Å². The number of aromatic nitrogens is 2. The van der Waals surface area contributed by atoms with Crippen molar-refractivity contribution in [2.75, 3.05) is 11.4 Å². The van der Waals surface area contributed by atoms with Crippen LogP contribution in [0.2, 0.25) is 5.02 Å². The standard InChI is InChI=1S/C23H24ClN3O/c1-14(2)22-25-21-18-6-5-13-26(15(3)4)20(18)12-11-19(21)23(28)27(22)17-9-7-16(24)8-10-17/h7-12,14H,3,5-6,13H2,1-2,4H3. The second-order valence-electron chi connectivity index (χ2n) is 7.69. The van der Waals surface area contributed by atoms with E-state index in [0.29, 0.717) is 10.4 Å². The molecule has 2 aromatic carbocycles. The van der Waals surface area contributed by atoms with Crippen molar-refractivity contribution in [1.82, 2.24) is 9.55 Å². The van der Waals surface area contributed by atoms with Crippen LogP contribution in [0, 0.1) is 0 Å². The lowest BCUT2D eigenvalue weighted by Gasteiger charge is -2.32. The van der Waals surface area contributed by atoms with Crippen molar-refractivity contribution < 1.29 is 0 Å². The number of fused-ring (bicyclic) bond motifs is 3. The molecule has 0 saturated carbocycles. The first-order valence-electron chi connectivity index (χ1n) is 9.66. The van der Waals surface area contributed by atoms with E-state index in [1.807, 2.05) is 31.2 Å². The molecule has 2 heterocycles. The molecule has 28 heavy (non-hydrogen) atoms. The van der Waals surface area contributed by atoms with Gasteiger partial charge in [0.25, 0.3) is 5.56 Å². The molecule has 0 N–H and O–H groups in total. The number of hydrogen-bond acceptors (Lipinski definition) is 3. The van der Waals surface area contributed by atoms with Crippen molar-refractivity contribution in [1.29, 1.82) is 0 Å². The lowest BCUT2D eigenvalue weighted by Crippen LogP contribution is -2.29. The molecular formula is C23H24ClN3O. The predicted octanol–water partition coefficient (Wildman–Crippen LogP) is 5.45. The highest BCUT2D eigenvalue weighted by atomic mass is 35.5. The van der Waals surface area contributed by atoms with Crippen LogP contribution < -0.4 is 10.5 Å². The maximum atomic E-state index is 13.5. The average molecular weight is 394 g/mol. The van der Waals surface area contributed by atoms with Crippen LogP contribution in [0.1, 0.15) is 44.5 Å². The summed E-state index contributed by atoms with van der Waals surface area (Å²) in [5, 5.41) is 1.30. The summed E-state index contributed by atoms with van der Waals surface area (Å²) in [6.45, 7) is 11.2. The van der Waals surface area contributed by atoms with Crippen LogP contribution in [0.25, 0.3) is 16.6 Å². The van der Waals surface area contributed by atoms with Crippen LogP contribution in [-0.4, -0.2) is 16.1 Å². The van der Waals surface area contributed by atoms with Crippen molar-refractivity contribution in [3.05, 3.63) is 75.4 Å². The van der Waals surface area contributed by atoms with Gasteiger partial charge in [-0.15, -0.1) is 0 Å². The first-order chi connectivity index (χ1) is 13.4. The van der Waals surface area contributed by atoms with Gasteiger partial charge in [0.05, 0.1) is 16.6 Å². The molecule has 5 heteroatoms. The molecule has 3 aromatic rings. The van der Waals surface area contributed by atoms with Gasteiger partial charge in [-0.3, -0.25) is 9.36 Å². The van der Waals surface area contributed by atoms with Gasteiger partial charge in [0.2, 0.25) is 0 Å². The third-order valence-corrected chi connectivity index (χ3v) is 5.56. The van der Waals surface area contributed by atoms with Crippen LogP contribution in [0.4, 0.5) is 5.69 Å². The number of halogens is 1. The van der Waals surface area contributed by atoms with Gasteiger partial charge in [-0.25, -0.2) is 4.98 Å². The zero-order valence-electron chi connectivity index (χ0n) is 16.5. The highest BCUT2D eigenvalue weighted by Gasteiger charge is 2.23. The number of nitrogens with zero attached hydrogens (tertiary/aromatic N) is 3. The Morgan fingerprint density at radius 2 is 1.89 bits per heavy atom. The van der Waals surface area contributed by atoms with Crippen LogP contribution in [-0.2, 0) is 6.42 Å². The van der Waals surface area contributed by atoms with Gasteiger partial charge >= 0.3 is 0 Å². The summed E-state index contributed by atoms with van der Waals surface area (Å²) in [6, 6.07) is 11.3. The topological polar surface area (TPSA) is 38.1 Å². The molecule has 0 atom stereocenters. The van der Waals surface area contributed by atoms with Crippen LogP contribution in [0.3, 0.4) is 0 Å². The Morgan fingerprint density at radius 3 is 2.54 bits per heavy atom. The molecular weight excluding hydrogens is 370 g/mol. The normalized spacial score (nSPS) is 13.8. The molecule has 0 radical (unpaired) electrons. The second kappa shape index (κ2) is 7.10. The van der Waals surface area contributed by atoms with E-state index in [0.717, 1.165) is 53.4 Å². The Balaban J connectivity index is 2.04. The molecule has 0 bridgehead atoms. The van der Waals surface area contributed by atoms with Crippen molar-refractivity contribution >= 4 is 28.2 Å². The van der Waals surface area contributed by atoms with Crippen LogP contribution >= 0.6 is 11.6 Å². The SMILES string of the molecule is C=C(C)N1CCCc2c1ccc1c(=O)n(-c3ccc(Cl)cc3)c(C(C)C)nc21. The monoisotopic (exact) mass is 393 g/mol. The fourth-order valence-electron chi connectivity index (χ4n) is 3.97. The van der Waals surface area contributed by atoms with Crippen LogP contribution in [0.15, 0.2) is 53.5 Å². The first-order valence-corrected chi connectivity index (χ1v) is 10.0. The van der Waals surface area contributed by atoms with Crippen molar-refractivity contribution in [2.24, 2.45) is 0 Å². The van der Waals surface area contributed by atoms with E-state index in [-0.39, 0.29) is 11.5 Å². The Hall–Kier alpha value is -2.59. The molecule has 0 amide bonds. The quantitative estimate of drug-likeness (QED) is 0.593. The van der Waals surface area contributed by atoms with E-state index >= 15 is 0 Å². The Labute approximate surface area is 170 Å². The molecule has 1 aromatic heterocycles. The average Bonchev–Trinajstić information content (AvgIpc) is 2.67. The number of hydrogen-bond donors (Lipinski definition) is 0. The summed E-state index contributed by atoms with van der Waals surface area (Å²) in [7, 11) is 0. The third kappa shape index (κ3) is 3.02. The van der Waals surface area contributed by atoms with E-state index in [1.165, 1.54) is 0 Å². The molecule has 144 valence electrons. The van der Waals surface area contributed by atoms with Gasteiger partial charge in [-0.1, -0.05) is 32.0 Å². The summed E-state index contributed by atoms with van der Waals surface area (Å²) in [4.78, 5) is 20.7. The maximum absolute atomic E-state index is 13.5. The molecule has 0 unspecified atom stereocenters. The van der Waals surface area contributed by atoms with E-state index in [1.54, 1.807) is 16.7 Å². The van der Waals surface area contributed by atoms with E-state index < -0.39 is 0 Å². The summed E-state index contributed by atoms with van der Waals surface area (Å²) < 4.78 is 1.72. The molecule has 1 aliphatic rings. The zero-order valence-corrected chi connectivity index (χ0v) is 17.3. The molecule has 1 aliphatic heterocycles. The summed E-state index contributed by atoms with van der Waals surface area (Å²) in [5.74, 6) is 0.866. The molecule has 4 rings (SSSR count). The largest absolute Gasteiger partial charge is 0.346 e. The lowest BCUT2D eigenvalue weighted by molar-refractivity contribution is 0.716. The van der Waals surface area contributed by atoms with Crippen molar-refractivity contribution in [2.45, 2.75) is 39.5 Å². The molecule has 0 spiro atoms. The smallest absolute Gasteiger partial charge is 0.265 e. The molecule has 4 nitrogen and oxygen atoms in total. The van der Waals surface area contributed by atoms with Crippen LogP contribution in [0.5, 0.6) is 0 Å². The lowest BCUT2D eigenvalue weighted by atomic mass is 9.97. The summed E-state index contributed by atoms with van der Waals surface area (Å²) >= 11 is 6.04. The fraction of sp³-hybridized carbons (Fsp3) is 0.304. The second-order valence-corrected chi connectivity index (χ2v) is 8.13. The van der Waals surface area contributed by atoms with Crippen molar-refractivity contribution in [3.8, 4) is 5.69 Å². The van der Waals surface area contributed by atoms with E-state index in [9.17, 15) is 4.79 Å². The Morgan fingerprint density at radius 1 is 1.18 bits per heavy atom. The fourth-order valence-corrected chi connectivity index (χ4v) is 4.10. The van der Waals surface area contributed by atoms with Crippen molar-refractivity contribution in [3.63, 3.8) is 0 Å². The summed E-state index contributed by atoms with van der Waals surface area (Å²) in [6.07, 6.45) is 1.95. The molecule has 0 fully saturated rings. The number of anilines is 1. The highest BCUT2D eigenvalue weighted by molar-refractivity contribution is 6.30. The number of aryl methyl sites for hydroxylation is 1. The highest BCUT2D eigenvalue weighted by Crippen LogP contribution is 2.34. The van der Waals surface area contributed by atoms with Gasteiger partial charge in [-0.2, -0.15) is 0 Å². The molecule has 0 saturated heterocycles. The Kier molecular flexibility index (Phi) is 4.76.